The fourth-order valence-electron chi connectivity index (χ4n) is 0.503. The number of hydrogen-bond acceptors (Lipinski definition) is 2. The van der Waals surface area contributed by atoms with Crippen LogP contribution in [0.1, 0.15) is 13.8 Å². The van der Waals surface area contributed by atoms with Crippen molar-refractivity contribution >= 4 is 0 Å². The Balaban J connectivity index is 3.20. The largest absolute Gasteiger partial charge is 0.497 e. The Morgan fingerprint density at radius 2 is 2.10 bits per heavy atom. The van der Waals surface area contributed by atoms with Crippen LogP contribution < -0.4 is 0 Å². The molecule has 59 valence electrons. The molecule has 2 nitrogen and oxygen atoms in total. The maximum absolute atomic E-state index is 5.17. The molecular weight excluding hydrogens is 128 g/mol. The van der Waals surface area contributed by atoms with Crippen LogP contribution in [0.3, 0.4) is 0 Å². The van der Waals surface area contributed by atoms with Gasteiger partial charge in [-0.3, -0.25) is 0 Å². The molecule has 0 bridgehead atoms. The van der Waals surface area contributed by atoms with E-state index in [4.69, 9.17) is 9.47 Å². The first kappa shape index (κ1) is 9.50. The third-order valence-corrected chi connectivity index (χ3v) is 0.944. The highest BCUT2D eigenvalue weighted by Gasteiger charge is 2.00. The van der Waals surface area contributed by atoms with Gasteiger partial charge in [0.25, 0.3) is 0 Å². The van der Waals surface area contributed by atoms with Gasteiger partial charge in [-0.1, -0.05) is 6.58 Å². The fourth-order valence-corrected chi connectivity index (χ4v) is 0.503. The summed E-state index contributed by atoms with van der Waals surface area (Å²) in [5.41, 5.74) is 0. The van der Waals surface area contributed by atoms with Gasteiger partial charge in [-0.05, 0) is 20.8 Å². The number of ether oxygens (including phenoxy) is 2. The molecule has 0 amide bonds. The predicted molar refractivity (Wildman–Crippen MR) is 41.5 cm³/mol. The first-order chi connectivity index (χ1) is 4.66. The van der Waals surface area contributed by atoms with Crippen LogP contribution in [0, 0.1) is 6.92 Å². The summed E-state index contributed by atoms with van der Waals surface area (Å²) >= 11 is 0. The highest BCUT2D eigenvalue weighted by atomic mass is 16.5. The molecule has 0 aromatic heterocycles. The molecule has 1 radical (unpaired) electrons. The molecule has 10 heavy (non-hydrogen) atoms. The lowest BCUT2D eigenvalue weighted by atomic mass is 10.4. The Bertz CT molecular complexity index is 89.3. The summed E-state index contributed by atoms with van der Waals surface area (Å²) in [7, 11) is 0. The van der Waals surface area contributed by atoms with Crippen LogP contribution in [0.15, 0.2) is 12.8 Å². The van der Waals surface area contributed by atoms with E-state index in [1.807, 2.05) is 13.8 Å². The summed E-state index contributed by atoms with van der Waals surface area (Å²) in [6.07, 6.45) is 1.51. The lowest BCUT2D eigenvalue weighted by Gasteiger charge is -2.13. The van der Waals surface area contributed by atoms with Gasteiger partial charge in [-0.2, -0.15) is 0 Å². The van der Waals surface area contributed by atoms with Gasteiger partial charge < -0.3 is 9.47 Å². The molecule has 0 rings (SSSR count). The van der Waals surface area contributed by atoms with Gasteiger partial charge in [0.05, 0.1) is 19.0 Å². The molecule has 0 aliphatic carbocycles. The van der Waals surface area contributed by atoms with Crippen molar-refractivity contribution in [3.05, 3.63) is 19.8 Å². The summed E-state index contributed by atoms with van der Waals surface area (Å²) in [5.74, 6) is 0. The van der Waals surface area contributed by atoms with Crippen LogP contribution in [0.2, 0.25) is 0 Å². The van der Waals surface area contributed by atoms with Crippen LogP contribution in [0.25, 0.3) is 0 Å². The van der Waals surface area contributed by atoms with E-state index in [-0.39, 0.29) is 12.2 Å². The van der Waals surface area contributed by atoms with Crippen molar-refractivity contribution in [1.82, 2.24) is 0 Å². The van der Waals surface area contributed by atoms with Crippen LogP contribution in [-0.2, 0) is 9.47 Å². The molecule has 0 aromatic carbocycles. The van der Waals surface area contributed by atoms with Crippen molar-refractivity contribution < 1.29 is 9.47 Å². The van der Waals surface area contributed by atoms with E-state index in [0.29, 0.717) is 6.61 Å². The Hall–Kier alpha value is -0.500. The average Bonchev–Trinajstić information content (AvgIpc) is 1.85. The second-order valence-corrected chi connectivity index (χ2v) is 2.26. The predicted octanol–water partition coefficient (Wildman–Crippen LogP) is 1.77. The Kier molecular flexibility index (Phi) is 5.03. The monoisotopic (exact) mass is 143 g/mol. The third kappa shape index (κ3) is 5.63. The fraction of sp³-hybridized carbons (Fsp3) is 0.625. The number of hydrogen-bond donors (Lipinski definition) is 0. The SMILES string of the molecule is [CH2]C(C)OCC(C)OC=C. The summed E-state index contributed by atoms with van der Waals surface area (Å²) < 4.78 is 10.2. The molecule has 2 heteroatoms. The Morgan fingerprint density at radius 1 is 1.50 bits per heavy atom. The van der Waals surface area contributed by atoms with Crippen LogP contribution in [0.5, 0.6) is 0 Å². The molecule has 0 aliphatic heterocycles. The minimum atomic E-state index is 0.0239. The Morgan fingerprint density at radius 3 is 2.50 bits per heavy atom. The Labute approximate surface area is 62.8 Å². The van der Waals surface area contributed by atoms with Gasteiger partial charge in [0.1, 0.15) is 6.10 Å². The van der Waals surface area contributed by atoms with E-state index >= 15 is 0 Å². The quantitative estimate of drug-likeness (QED) is 0.546. The molecule has 0 saturated heterocycles. The maximum atomic E-state index is 5.17. The zero-order valence-corrected chi connectivity index (χ0v) is 6.67. The van der Waals surface area contributed by atoms with Gasteiger partial charge in [0, 0.05) is 0 Å². The normalized spacial score (nSPS) is 13.2. The summed E-state index contributed by atoms with van der Waals surface area (Å²) in [4.78, 5) is 0. The molecular formula is C8H15O2. The van der Waals surface area contributed by atoms with Crippen molar-refractivity contribution in [1.29, 1.82) is 0 Å². The second kappa shape index (κ2) is 5.30. The molecule has 0 saturated carbocycles. The molecule has 0 fully saturated rings. The topological polar surface area (TPSA) is 18.5 Å². The molecule has 0 heterocycles. The van der Waals surface area contributed by atoms with Crippen molar-refractivity contribution in [2.45, 2.75) is 26.1 Å². The zero-order valence-electron chi connectivity index (χ0n) is 6.67. The van der Waals surface area contributed by atoms with Crippen molar-refractivity contribution in [3.8, 4) is 0 Å². The van der Waals surface area contributed by atoms with E-state index in [0.717, 1.165) is 0 Å². The average molecular weight is 143 g/mol. The van der Waals surface area contributed by atoms with E-state index < -0.39 is 0 Å². The zero-order chi connectivity index (χ0) is 7.98. The molecule has 0 aliphatic rings. The van der Waals surface area contributed by atoms with Gasteiger partial charge in [-0.25, -0.2) is 0 Å². The van der Waals surface area contributed by atoms with E-state index in [1.54, 1.807) is 0 Å². The smallest absolute Gasteiger partial charge is 0.118 e. The summed E-state index contributed by atoms with van der Waals surface area (Å²) in [6.45, 7) is 11.5. The van der Waals surface area contributed by atoms with Crippen molar-refractivity contribution in [3.63, 3.8) is 0 Å². The third-order valence-electron chi connectivity index (χ3n) is 0.944. The van der Waals surface area contributed by atoms with E-state index in [9.17, 15) is 0 Å². The van der Waals surface area contributed by atoms with Gasteiger partial charge in [0.2, 0.25) is 0 Å². The summed E-state index contributed by atoms with van der Waals surface area (Å²) in [5, 5.41) is 0. The van der Waals surface area contributed by atoms with E-state index in [2.05, 4.69) is 13.5 Å². The molecule has 2 atom stereocenters. The molecule has 0 aromatic rings. The highest BCUT2D eigenvalue weighted by Crippen LogP contribution is 1.94. The minimum Gasteiger partial charge on any atom is -0.497 e. The van der Waals surface area contributed by atoms with Gasteiger partial charge in [-0.15, -0.1) is 0 Å². The van der Waals surface area contributed by atoms with Crippen molar-refractivity contribution in [2.75, 3.05) is 6.61 Å². The first-order valence-corrected chi connectivity index (χ1v) is 3.38. The lowest BCUT2D eigenvalue weighted by molar-refractivity contribution is 0.0164. The van der Waals surface area contributed by atoms with Crippen molar-refractivity contribution in [2.24, 2.45) is 0 Å². The highest BCUT2D eigenvalue weighted by molar-refractivity contribution is 4.58. The molecule has 0 spiro atoms. The van der Waals surface area contributed by atoms with Crippen LogP contribution in [-0.4, -0.2) is 18.8 Å². The molecule has 0 N–H and O–H groups in total. The number of rotatable bonds is 5. The van der Waals surface area contributed by atoms with Crippen LogP contribution >= 0.6 is 0 Å². The minimum absolute atomic E-state index is 0.0239. The maximum Gasteiger partial charge on any atom is 0.118 e. The standard InChI is InChI=1S/C8H15O2/c1-5-9-8(4)6-10-7(2)3/h5,7-8H,1-2,6H2,3-4H3. The van der Waals surface area contributed by atoms with Crippen LogP contribution in [0.4, 0.5) is 0 Å². The van der Waals surface area contributed by atoms with E-state index in [1.165, 1.54) is 6.26 Å². The van der Waals surface area contributed by atoms with Gasteiger partial charge in [0.15, 0.2) is 0 Å². The first-order valence-electron chi connectivity index (χ1n) is 3.38. The summed E-state index contributed by atoms with van der Waals surface area (Å²) in [6, 6.07) is 0. The lowest BCUT2D eigenvalue weighted by Crippen LogP contribution is -2.16. The molecule has 2 unspecified atom stereocenters. The second-order valence-electron chi connectivity index (χ2n) is 2.26. The van der Waals surface area contributed by atoms with Gasteiger partial charge >= 0.3 is 0 Å².